The Morgan fingerprint density at radius 1 is 1.39 bits per heavy atom. The number of aromatic nitrogens is 2. The average Bonchev–Trinajstić information content (AvgIpc) is 2.80. The fourth-order valence-electron chi connectivity index (χ4n) is 2.36. The standard InChI is InChI=1S/C12H22N6/c1-9-7-11(16-12(15-9)17-13)14-10(2)8-18-5-3-4-6-18/h7,10H,3-6,8,13H2,1-2H3,(H2,14,15,16,17). The zero-order valence-corrected chi connectivity index (χ0v) is 11.1. The Balaban J connectivity index is 1.93. The molecule has 1 aliphatic rings. The number of aryl methyl sites for hydroxylation is 1. The Hall–Kier alpha value is -1.40. The van der Waals surface area contributed by atoms with Gasteiger partial charge in [-0.05, 0) is 39.8 Å². The minimum Gasteiger partial charge on any atom is -0.366 e. The van der Waals surface area contributed by atoms with Crippen LogP contribution in [0.3, 0.4) is 0 Å². The Labute approximate surface area is 108 Å². The number of nitrogens with two attached hydrogens (primary N) is 1. The van der Waals surface area contributed by atoms with E-state index >= 15 is 0 Å². The zero-order valence-electron chi connectivity index (χ0n) is 11.1. The number of nitrogens with zero attached hydrogens (tertiary/aromatic N) is 3. The minimum absolute atomic E-state index is 0.364. The van der Waals surface area contributed by atoms with E-state index in [1.165, 1.54) is 25.9 Å². The van der Waals surface area contributed by atoms with Crippen LogP contribution in [0.5, 0.6) is 0 Å². The van der Waals surface area contributed by atoms with Crippen molar-refractivity contribution in [3.8, 4) is 0 Å². The molecule has 0 amide bonds. The first kappa shape index (κ1) is 13.0. The van der Waals surface area contributed by atoms with Crippen LogP contribution in [-0.4, -0.2) is 40.5 Å². The number of likely N-dealkylation sites (tertiary alicyclic amines) is 1. The number of nitrogens with one attached hydrogen (secondary N) is 2. The Bertz CT molecular complexity index is 388. The highest BCUT2D eigenvalue weighted by molar-refractivity contribution is 5.42. The van der Waals surface area contributed by atoms with Crippen LogP contribution in [0, 0.1) is 6.92 Å². The third-order valence-corrected chi connectivity index (χ3v) is 3.11. The van der Waals surface area contributed by atoms with Gasteiger partial charge in [0.2, 0.25) is 5.95 Å². The maximum atomic E-state index is 5.34. The minimum atomic E-state index is 0.364. The Morgan fingerprint density at radius 2 is 2.11 bits per heavy atom. The number of hydrogen-bond donors (Lipinski definition) is 3. The normalized spacial score (nSPS) is 17.7. The lowest BCUT2D eigenvalue weighted by atomic mass is 10.3. The van der Waals surface area contributed by atoms with E-state index in [9.17, 15) is 0 Å². The fourth-order valence-corrected chi connectivity index (χ4v) is 2.36. The summed E-state index contributed by atoms with van der Waals surface area (Å²) in [7, 11) is 0. The lowest BCUT2D eigenvalue weighted by Gasteiger charge is -2.21. The van der Waals surface area contributed by atoms with Crippen LogP contribution in [0.4, 0.5) is 11.8 Å². The van der Waals surface area contributed by atoms with E-state index in [0.29, 0.717) is 12.0 Å². The van der Waals surface area contributed by atoms with E-state index < -0.39 is 0 Å². The van der Waals surface area contributed by atoms with E-state index in [-0.39, 0.29) is 0 Å². The highest BCUT2D eigenvalue weighted by Gasteiger charge is 2.14. The molecule has 0 aromatic carbocycles. The SMILES string of the molecule is Cc1cc(NC(C)CN2CCCC2)nc(NN)n1. The molecule has 1 saturated heterocycles. The second-order valence-electron chi connectivity index (χ2n) is 4.92. The van der Waals surface area contributed by atoms with Crippen LogP contribution in [0.15, 0.2) is 6.07 Å². The summed E-state index contributed by atoms with van der Waals surface area (Å²) in [6, 6.07) is 2.30. The molecule has 1 aromatic rings. The van der Waals surface area contributed by atoms with Gasteiger partial charge in [-0.1, -0.05) is 0 Å². The smallest absolute Gasteiger partial charge is 0.239 e. The molecule has 0 aliphatic carbocycles. The number of hydrogen-bond acceptors (Lipinski definition) is 6. The van der Waals surface area contributed by atoms with Crippen molar-refractivity contribution < 1.29 is 0 Å². The molecule has 18 heavy (non-hydrogen) atoms. The highest BCUT2D eigenvalue weighted by Crippen LogP contribution is 2.12. The van der Waals surface area contributed by atoms with Gasteiger partial charge in [-0.3, -0.25) is 5.43 Å². The summed E-state index contributed by atoms with van der Waals surface area (Å²) < 4.78 is 0. The van der Waals surface area contributed by atoms with Crippen LogP contribution >= 0.6 is 0 Å². The summed E-state index contributed by atoms with van der Waals surface area (Å²) in [5, 5.41) is 3.40. The monoisotopic (exact) mass is 250 g/mol. The summed E-state index contributed by atoms with van der Waals surface area (Å²) in [5.74, 6) is 6.61. The van der Waals surface area contributed by atoms with Crippen LogP contribution in [0.2, 0.25) is 0 Å². The molecule has 0 spiro atoms. The lowest BCUT2D eigenvalue weighted by Crippen LogP contribution is -2.33. The van der Waals surface area contributed by atoms with Gasteiger partial charge in [0.1, 0.15) is 5.82 Å². The molecule has 1 aliphatic heterocycles. The number of rotatable bonds is 5. The molecule has 1 aromatic heterocycles. The van der Waals surface area contributed by atoms with Gasteiger partial charge < -0.3 is 10.2 Å². The average molecular weight is 250 g/mol. The van der Waals surface area contributed by atoms with Crippen molar-refractivity contribution in [1.29, 1.82) is 0 Å². The molecule has 6 heteroatoms. The maximum Gasteiger partial charge on any atom is 0.239 e. The van der Waals surface area contributed by atoms with Crippen molar-refractivity contribution in [2.24, 2.45) is 5.84 Å². The summed E-state index contributed by atoms with van der Waals surface area (Å²) in [6.45, 7) is 7.58. The maximum absolute atomic E-state index is 5.34. The van der Waals surface area contributed by atoms with E-state index in [1.807, 2.05) is 13.0 Å². The molecule has 1 unspecified atom stereocenters. The predicted octanol–water partition coefficient (Wildman–Crippen LogP) is 0.967. The van der Waals surface area contributed by atoms with Gasteiger partial charge in [0.05, 0.1) is 0 Å². The zero-order chi connectivity index (χ0) is 13.0. The summed E-state index contributed by atoms with van der Waals surface area (Å²) >= 11 is 0. The molecule has 0 bridgehead atoms. The Kier molecular flexibility index (Phi) is 4.33. The third-order valence-electron chi connectivity index (χ3n) is 3.11. The van der Waals surface area contributed by atoms with Crippen LogP contribution in [0.25, 0.3) is 0 Å². The summed E-state index contributed by atoms with van der Waals surface area (Å²) in [5.41, 5.74) is 3.38. The molecule has 6 nitrogen and oxygen atoms in total. The molecule has 100 valence electrons. The molecule has 2 heterocycles. The topological polar surface area (TPSA) is 79.1 Å². The molecule has 1 fully saturated rings. The van der Waals surface area contributed by atoms with E-state index in [0.717, 1.165) is 18.1 Å². The molecule has 0 saturated carbocycles. The lowest BCUT2D eigenvalue weighted by molar-refractivity contribution is 0.327. The Morgan fingerprint density at radius 3 is 2.78 bits per heavy atom. The molecule has 2 rings (SSSR count). The van der Waals surface area contributed by atoms with Crippen molar-refractivity contribution in [1.82, 2.24) is 14.9 Å². The first-order valence-corrected chi connectivity index (χ1v) is 6.48. The van der Waals surface area contributed by atoms with E-state index in [1.54, 1.807) is 0 Å². The third kappa shape index (κ3) is 3.54. The van der Waals surface area contributed by atoms with Gasteiger partial charge in [0, 0.05) is 24.3 Å². The molecule has 1 atom stereocenters. The number of anilines is 2. The van der Waals surface area contributed by atoms with Gasteiger partial charge >= 0.3 is 0 Å². The summed E-state index contributed by atoms with van der Waals surface area (Å²) in [6.07, 6.45) is 2.64. The van der Waals surface area contributed by atoms with Gasteiger partial charge in [-0.25, -0.2) is 10.8 Å². The first-order valence-electron chi connectivity index (χ1n) is 6.48. The van der Waals surface area contributed by atoms with Gasteiger partial charge in [-0.15, -0.1) is 0 Å². The van der Waals surface area contributed by atoms with Crippen LogP contribution < -0.4 is 16.6 Å². The van der Waals surface area contributed by atoms with Crippen molar-refractivity contribution in [3.05, 3.63) is 11.8 Å². The largest absolute Gasteiger partial charge is 0.366 e. The van der Waals surface area contributed by atoms with Gasteiger partial charge in [-0.2, -0.15) is 4.98 Å². The van der Waals surface area contributed by atoms with Crippen LogP contribution in [0.1, 0.15) is 25.5 Å². The van der Waals surface area contributed by atoms with Crippen molar-refractivity contribution in [2.75, 3.05) is 30.4 Å². The highest BCUT2D eigenvalue weighted by atomic mass is 15.3. The van der Waals surface area contributed by atoms with E-state index in [4.69, 9.17) is 5.84 Å². The predicted molar refractivity (Wildman–Crippen MR) is 73.3 cm³/mol. The number of nitrogen functional groups attached to an aromatic ring is 1. The molecular formula is C12H22N6. The quantitative estimate of drug-likeness (QED) is 0.534. The second-order valence-corrected chi connectivity index (χ2v) is 4.92. The van der Waals surface area contributed by atoms with Crippen molar-refractivity contribution in [3.63, 3.8) is 0 Å². The van der Waals surface area contributed by atoms with Crippen molar-refractivity contribution >= 4 is 11.8 Å². The molecule has 0 radical (unpaired) electrons. The van der Waals surface area contributed by atoms with Crippen molar-refractivity contribution in [2.45, 2.75) is 32.7 Å². The van der Waals surface area contributed by atoms with E-state index in [2.05, 4.69) is 32.5 Å². The molecule has 4 N–H and O–H groups in total. The first-order chi connectivity index (χ1) is 8.67. The van der Waals surface area contributed by atoms with Crippen LogP contribution in [-0.2, 0) is 0 Å². The fraction of sp³-hybridized carbons (Fsp3) is 0.667. The summed E-state index contributed by atoms with van der Waals surface area (Å²) in [4.78, 5) is 10.9. The second kappa shape index (κ2) is 5.97. The van der Waals surface area contributed by atoms with Gasteiger partial charge in [0.15, 0.2) is 0 Å². The number of hydrazine groups is 1. The van der Waals surface area contributed by atoms with Gasteiger partial charge in [0.25, 0.3) is 0 Å². The molecular weight excluding hydrogens is 228 g/mol.